The highest BCUT2D eigenvalue weighted by molar-refractivity contribution is 5.04. The monoisotopic (exact) mass is 169 g/mol. The first-order valence-corrected chi connectivity index (χ1v) is 5.03. The van der Waals surface area contributed by atoms with Crippen molar-refractivity contribution in [1.82, 2.24) is 4.90 Å². The van der Waals surface area contributed by atoms with E-state index in [1.54, 1.807) is 0 Å². The molecule has 70 valence electrons. The number of likely N-dealkylation sites (tertiary alicyclic amines) is 1. The highest BCUT2D eigenvalue weighted by atomic mass is 16.3. The fraction of sp³-hybridized carbons (Fsp3) is 1.00. The van der Waals surface area contributed by atoms with Gasteiger partial charge in [-0.2, -0.15) is 0 Å². The predicted molar refractivity (Wildman–Crippen MR) is 49.0 cm³/mol. The van der Waals surface area contributed by atoms with Gasteiger partial charge in [-0.25, -0.2) is 0 Å². The second-order valence-electron chi connectivity index (χ2n) is 4.81. The van der Waals surface area contributed by atoms with Crippen molar-refractivity contribution >= 4 is 0 Å². The molecule has 0 bridgehead atoms. The summed E-state index contributed by atoms with van der Waals surface area (Å²) in [6, 6.07) is 1.05. The van der Waals surface area contributed by atoms with Gasteiger partial charge in [0.2, 0.25) is 0 Å². The van der Waals surface area contributed by atoms with Crippen molar-refractivity contribution in [3.05, 3.63) is 0 Å². The summed E-state index contributed by atoms with van der Waals surface area (Å²) in [4.78, 5) is 2.47. The van der Waals surface area contributed by atoms with E-state index in [-0.39, 0.29) is 0 Å². The number of hydrogen-bond acceptors (Lipinski definition) is 2. The summed E-state index contributed by atoms with van der Waals surface area (Å²) in [5, 5.41) is 9.20. The number of hydrogen-bond donors (Lipinski definition) is 1. The second-order valence-corrected chi connectivity index (χ2v) is 4.81. The van der Waals surface area contributed by atoms with Gasteiger partial charge in [0.05, 0.1) is 6.61 Å². The Morgan fingerprint density at radius 2 is 2.17 bits per heavy atom. The highest BCUT2D eigenvalue weighted by Gasteiger charge is 2.51. The second kappa shape index (κ2) is 2.71. The summed E-state index contributed by atoms with van der Waals surface area (Å²) in [5.74, 6) is 0. The van der Waals surface area contributed by atoms with E-state index in [1.807, 2.05) is 0 Å². The minimum atomic E-state index is 0.347. The minimum absolute atomic E-state index is 0.347. The molecule has 1 aliphatic carbocycles. The van der Waals surface area contributed by atoms with E-state index >= 15 is 0 Å². The Bertz CT molecular complexity index is 175. The van der Waals surface area contributed by atoms with Crippen molar-refractivity contribution in [1.29, 1.82) is 0 Å². The number of nitrogens with zero attached hydrogens (tertiary/aromatic N) is 1. The van der Waals surface area contributed by atoms with Crippen LogP contribution in [0.15, 0.2) is 0 Å². The molecule has 0 aromatic rings. The highest BCUT2D eigenvalue weighted by Crippen LogP contribution is 2.54. The molecule has 0 aromatic heterocycles. The molecule has 0 aromatic carbocycles. The average Bonchev–Trinajstić information content (AvgIpc) is 2.62. The lowest BCUT2D eigenvalue weighted by Crippen LogP contribution is -2.37. The molecule has 1 spiro atoms. The Labute approximate surface area is 74.6 Å². The Hall–Kier alpha value is -0.0800. The molecule has 1 unspecified atom stereocenters. The van der Waals surface area contributed by atoms with Crippen LogP contribution in [0.1, 0.15) is 33.1 Å². The third-order valence-corrected chi connectivity index (χ3v) is 3.49. The SMILES string of the molecule is CC(C)N1CC2(CC2)CC1CO. The van der Waals surface area contributed by atoms with Gasteiger partial charge in [-0.15, -0.1) is 0 Å². The average molecular weight is 169 g/mol. The zero-order valence-corrected chi connectivity index (χ0v) is 8.08. The molecule has 2 heteroatoms. The van der Waals surface area contributed by atoms with E-state index in [0.29, 0.717) is 24.1 Å². The zero-order chi connectivity index (χ0) is 8.77. The van der Waals surface area contributed by atoms with Crippen LogP contribution in [0.25, 0.3) is 0 Å². The molecule has 2 rings (SSSR count). The molecule has 1 saturated carbocycles. The Balaban J connectivity index is 2.03. The van der Waals surface area contributed by atoms with Crippen LogP contribution in [0.5, 0.6) is 0 Å². The first-order chi connectivity index (χ1) is 5.67. The quantitative estimate of drug-likeness (QED) is 0.672. The molecule has 0 amide bonds. The predicted octanol–water partition coefficient (Wildman–Crippen LogP) is 1.24. The van der Waals surface area contributed by atoms with Crippen molar-refractivity contribution in [2.24, 2.45) is 5.41 Å². The molecule has 2 aliphatic rings. The lowest BCUT2D eigenvalue weighted by Gasteiger charge is -2.26. The van der Waals surface area contributed by atoms with E-state index in [1.165, 1.54) is 25.8 Å². The first kappa shape index (κ1) is 8.52. The summed E-state index contributed by atoms with van der Waals surface area (Å²) in [5.41, 5.74) is 0.637. The van der Waals surface area contributed by atoms with Gasteiger partial charge in [-0.1, -0.05) is 0 Å². The molecule has 1 atom stereocenters. The van der Waals surface area contributed by atoms with Crippen LogP contribution in [-0.4, -0.2) is 35.2 Å². The molecular formula is C10H19NO. The fourth-order valence-electron chi connectivity index (χ4n) is 2.51. The molecule has 1 N–H and O–H groups in total. The third-order valence-electron chi connectivity index (χ3n) is 3.49. The molecule has 12 heavy (non-hydrogen) atoms. The van der Waals surface area contributed by atoms with Crippen molar-refractivity contribution in [2.45, 2.75) is 45.2 Å². The molecule has 1 aliphatic heterocycles. The van der Waals surface area contributed by atoms with E-state index < -0.39 is 0 Å². The maximum atomic E-state index is 9.20. The van der Waals surface area contributed by atoms with Crippen molar-refractivity contribution in [2.75, 3.05) is 13.2 Å². The molecule has 0 radical (unpaired) electrons. The first-order valence-electron chi connectivity index (χ1n) is 5.03. The van der Waals surface area contributed by atoms with Gasteiger partial charge >= 0.3 is 0 Å². The zero-order valence-electron chi connectivity index (χ0n) is 8.08. The van der Waals surface area contributed by atoms with Crippen LogP contribution in [0.3, 0.4) is 0 Å². The topological polar surface area (TPSA) is 23.5 Å². The molecular weight excluding hydrogens is 150 g/mol. The Kier molecular flexibility index (Phi) is 1.92. The third kappa shape index (κ3) is 1.27. The van der Waals surface area contributed by atoms with Gasteiger partial charge in [0.1, 0.15) is 0 Å². The lowest BCUT2D eigenvalue weighted by atomic mass is 10.0. The van der Waals surface area contributed by atoms with Crippen molar-refractivity contribution in [3.8, 4) is 0 Å². The summed E-state index contributed by atoms with van der Waals surface area (Å²) in [6.45, 7) is 6.03. The van der Waals surface area contributed by atoms with Crippen molar-refractivity contribution < 1.29 is 5.11 Å². The fourth-order valence-corrected chi connectivity index (χ4v) is 2.51. The smallest absolute Gasteiger partial charge is 0.0587 e. The summed E-state index contributed by atoms with van der Waals surface area (Å²) in [6.07, 6.45) is 4.03. The minimum Gasteiger partial charge on any atom is -0.395 e. The number of aliphatic hydroxyl groups is 1. The van der Waals surface area contributed by atoms with Gasteiger partial charge in [0, 0.05) is 18.6 Å². The van der Waals surface area contributed by atoms with Crippen LogP contribution in [-0.2, 0) is 0 Å². The van der Waals surface area contributed by atoms with Crippen LogP contribution in [0, 0.1) is 5.41 Å². The van der Waals surface area contributed by atoms with Gasteiger partial charge in [0.15, 0.2) is 0 Å². The summed E-state index contributed by atoms with van der Waals surface area (Å²) >= 11 is 0. The van der Waals surface area contributed by atoms with E-state index in [9.17, 15) is 5.11 Å². The summed E-state index contributed by atoms with van der Waals surface area (Å²) < 4.78 is 0. The van der Waals surface area contributed by atoms with Crippen LogP contribution >= 0.6 is 0 Å². The Morgan fingerprint density at radius 3 is 2.50 bits per heavy atom. The van der Waals surface area contributed by atoms with Gasteiger partial charge in [-0.05, 0) is 38.5 Å². The normalized spacial score (nSPS) is 33.5. The van der Waals surface area contributed by atoms with E-state index in [4.69, 9.17) is 0 Å². The molecule has 1 saturated heterocycles. The van der Waals surface area contributed by atoms with Crippen LogP contribution in [0.4, 0.5) is 0 Å². The maximum Gasteiger partial charge on any atom is 0.0587 e. The Morgan fingerprint density at radius 1 is 1.50 bits per heavy atom. The van der Waals surface area contributed by atoms with E-state index in [2.05, 4.69) is 18.7 Å². The van der Waals surface area contributed by atoms with Gasteiger partial charge in [-0.3, -0.25) is 4.90 Å². The van der Waals surface area contributed by atoms with Crippen molar-refractivity contribution in [3.63, 3.8) is 0 Å². The summed E-state index contributed by atoms with van der Waals surface area (Å²) in [7, 11) is 0. The maximum absolute atomic E-state index is 9.20. The lowest BCUT2D eigenvalue weighted by molar-refractivity contribution is 0.132. The largest absolute Gasteiger partial charge is 0.395 e. The molecule has 1 heterocycles. The van der Waals surface area contributed by atoms with Gasteiger partial charge in [0.25, 0.3) is 0 Å². The number of rotatable bonds is 2. The molecule has 2 nitrogen and oxygen atoms in total. The van der Waals surface area contributed by atoms with E-state index in [0.717, 1.165) is 0 Å². The van der Waals surface area contributed by atoms with Crippen LogP contribution in [0.2, 0.25) is 0 Å². The van der Waals surface area contributed by atoms with Gasteiger partial charge < -0.3 is 5.11 Å². The molecule has 2 fully saturated rings. The standard InChI is InChI=1S/C10H19NO/c1-8(2)11-7-10(3-4-10)5-9(11)6-12/h8-9,12H,3-7H2,1-2H3. The number of aliphatic hydroxyl groups excluding tert-OH is 1. The van der Waals surface area contributed by atoms with Crippen LogP contribution < -0.4 is 0 Å².